The predicted octanol–water partition coefficient (Wildman–Crippen LogP) is 13.5. The molecule has 258 valence electrons. The molecule has 0 unspecified atom stereocenters. The van der Waals surface area contributed by atoms with Crippen LogP contribution in [0, 0.1) is 0 Å². The molecule has 0 radical (unpaired) electrons. The lowest BCUT2D eigenvalue weighted by molar-refractivity contribution is 1.18. The molecule has 0 saturated heterocycles. The Labute approximate surface area is 319 Å². The van der Waals surface area contributed by atoms with Crippen molar-refractivity contribution < 1.29 is 0 Å². The summed E-state index contributed by atoms with van der Waals surface area (Å²) in [5.74, 6) is 0.685. The Hall–Kier alpha value is -7.43. The molecule has 2 aromatic heterocycles. The Morgan fingerprint density at radius 3 is 1.42 bits per heavy atom. The molecule has 55 heavy (non-hydrogen) atoms. The van der Waals surface area contributed by atoms with Crippen LogP contribution in [0.4, 0.5) is 17.1 Å². The van der Waals surface area contributed by atoms with E-state index >= 15 is 0 Å². The number of rotatable bonds is 7. The number of hydrogen-bond acceptors (Lipinski definition) is 4. The zero-order chi connectivity index (χ0) is 36.6. The molecule has 10 rings (SSSR count). The van der Waals surface area contributed by atoms with Gasteiger partial charge in [0.05, 0.1) is 22.6 Å². The zero-order valence-electron chi connectivity index (χ0n) is 29.9. The molecular formula is C51H34N4. The molecule has 0 spiro atoms. The molecule has 10 aromatic rings. The van der Waals surface area contributed by atoms with Gasteiger partial charge in [-0.2, -0.15) is 0 Å². The van der Waals surface area contributed by atoms with Crippen LogP contribution in [0.25, 0.3) is 77.6 Å². The number of fused-ring (bicyclic) bond motifs is 5. The molecule has 0 atom stereocenters. The van der Waals surface area contributed by atoms with Gasteiger partial charge in [-0.1, -0.05) is 158 Å². The fourth-order valence-corrected chi connectivity index (χ4v) is 7.60. The first kappa shape index (κ1) is 32.2. The summed E-state index contributed by atoms with van der Waals surface area (Å²) >= 11 is 0. The largest absolute Gasteiger partial charge is 0.310 e. The first-order valence-electron chi connectivity index (χ1n) is 18.5. The van der Waals surface area contributed by atoms with Gasteiger partial charge in [-0.25, -0.2) is 15.0 Å². The van der Waals surface area contributed by atoms with E-state index in [-0.39, 0.29) is 0 Å². The topological polar surface area (TPSA) is 41.9 Å². The Morgan fingerprint density at radius 1 is 0.327 bits per heavy atom. The summed E-state index contributed by atoms with van der Waals surface area (Å²) in [7, 11) is 0. The summed E-state index contributed by atoms with van der Waals surface area (Å²) in [6, 6.07) is 72.0. The third-order valence-corrected chi connectivity index (χ3v) is 10.2. The smallest absolute Gasteiger partial charge is 0.160 e. The molecular weight excluding hydrogens is 669 g/mol. The number of hydrogen-bond donors (Lipinski definition) is 0. The minimum Gasteiger partial charge on any atom is -0.310 e. The second kappa shape index (κ2) is 13.8. The molecule has 0 aliphatic carbocycles. The Bertz CT molecular complexity index is 2850. The van der Waals surface area contributed by atoms with Gasteiger partial charge in [0.2, 0.25) is 0 Å². The van der Waals surface area contributed by atoms with Crippen LogP contribution in [0.1, 0.15) is 0 Å². The van der Waals surface area contributed by atoms with Crippen molar-refractivity contribution in [2.75, 3.05) is 4.90 Å². The zero-order valence-corrected chi connectivity index (χ0v) is 29.9. The van der Waals surface area contributed by atoms with Crippen molar-refractivity contribution in [1.29, 1.82) is 0 Å². The van der Waals surface area contributed by atoms with Crippen LogP contribution >= 0.6 is 0 Å². The minimum atomic E-state index is 0.685. The van der Waals surface area contributed by atoms with Gasteiger partial charge in [0.25, 0.3) is 0 Å². The predicted molar refractivity (Wildman–Crippen MR) is 229 cm³/mol. The molecule has 4 heteroatoms. The van der Waals surface area contributed by atoms with Gasteiger partial charge >= 0.3 is 0 Å². The van der Waals surface area contributed by atoms with Gasteiger partial charge < -0.3 is 4.90 Å². The van der Waals surface area contributed by atoms with Crippen LogP contribution in [0.15, 0.2) is 206 Å². The van der Waals surface area contributed by atoms with E-state index in [1.165, 1.54) is 0 Å². The number of aromatic nitrogens is 3. The third-order valence-electron chi connectivity index (χ3n) is 10.2. The summed E-state index contributed by atoms with van der Waals surface area (Å²) in [5.41, 5.74) is 11.0. The minimum absolute atomic E-state index is 0.685. The van der Waals surface area contributed by atoms with Crippen LogP contribution < -0.4 is 4.90 Å². The first-order valence-corrected chi connectivity index (χ1v) is 18.5. The van der Waals surface area contributed by atoms with Crippen molar-refractivity contribution in [2.24, 2.45) is 0 Å². The van der Waals surface area contributed by atoms with Gasteiger partial charge in [0.1, 0.15) is 0 Å². The van der Waals surface area contributed by atoms with Crippen LogP contribution in [-0.4, -0.2) is 15.0 Å². The highest BCUT2D eigenvalue weighted by atomic mass is 15.1. The van der Waals surface area contributed by atoms with E-state index in [0.29, 0.717) is 5.82 Å². The number of pyridine rings is 1. The monoisotopic (exact) mass is 702 g/mol. The van der Waals surface area contributed by atoms with E-state index < -0.39 is 0 Å². The van der Waals surface area contributed by atoms with E-state index in [2.05, 4.69) is 199 Å². The molecule has 0 saturated carbocycles. The molecule has 4 nitrogen and oxygen atoms in total. The van der Waals surface area contributed by atoms with E-state index in [4.69, 9.17) is 15.0 Å². The van der Waals surface area contributed by atoms with E-state index in [0.717, 1.165) is 88.8 Å². The first-order chi connectivity index (χ1) is 27.3. The summed E-state index contributed by atoms with van der Waals surface area (Å²) in [6.07, 6.45) is 0. The van der Waals surface area contributed by atoms with Gasteiger partial charge in [-0.3, -0.25) is 0 Å². The van der Waals surface area contributed by atoms with Gasteiger partial charge in [-0.15, -0.1) is 0 Å². The second-order valence-electron chi connectivity index (χ2n) is 13.7. The maximum absolute atomic E-state index is 5.43. The Morgan fingerprint density at radius 2 is 0.836 bits per heavy atom. The Balaban J connectivity index is 1.22. The quantitative estimate of drug-likeness (QED) is 0.155. The van der Waals surface area contributed by atoms with Crippen molar-refractivity contribution in [3.8, 4) is 45.2 Å². The summed E-state index contributed by atoms with van der Waals surface area (Å²) in [4.78, 5) is 18.1. The molecule has 0 N–H and O–H groups in total. The normalized spacial score (nSPS) is 11.3. The standard InChI is InChI=1S/C51H34N4/c1-6-16-36(17-7-1)46-34-47(37-18-8-2-9-19-37)54-51(53-46)39-27-26-35-28-30-44-49(45(35)32-39)43-31-29-42(33-48(43)52-50(44)38-20-10-3-11-21-38)55(40-22-12-4-13-23-40)41-24-14-5-15-25-41/h1-34H. The fraction of sp³-hybridized carbons (Fsp3) is 0. The molecule has 0 bridgehead atoms. The second-order valence-corrected chi connectivity index (χ2v) is 13.7. The molecule has 2 heterocycles. The molecule has 8 aromatic carbocycles. The van der Waals surface area contributed by atoms with E-state index in [9.17, 15) is 0 Å². The number of benzene rings is 8. The lowest BCUT2D eigenvalue weighted by Gasteiger charge is -2.26. The average Bonchev–Trinajstić information content (AvgIpc) is 3.27. The highest BCUT2D eigenvalue weighted by Gasteiger charge is 2.18. The average molecular weight is 703 g/mol. The summed E-state index contributed by atoms with van der Waals surface area (Å²) in [6.45, 7) is 0. The molecule has 0 aliphatic rings. The summed E-state index contributed by atoms with van der Waals surface area (Å²) < 4.78 is 0. The van der Waals surface area contributed by atoms with Crippen molar-refractivity contribution in [3.63, 3.8) is 0 Å². The number of anilines is 3. The lowest BCUT2D eigenvalue weighted by atomic mass is 9.94. The van der Waals surface area contributed by atoms with Crippen molar-refractivity contribution in [3.05, 3.63) is 206 Å². The maximum atomic E-state index is 5.43. The maximum Gasteiger partial charge on any atom is 0.160 e. The van der Waals surface area contributed by atoms with Crippen LogP contribution in [0.5, 0.6) is 0 Å². The SMILES string of the molecule is c1ccc(-c2cc(-c3ccccc3)nc(-c3ccc4ccc5c(-c6ccccc6)nc6cc(N(c7ccccc7)c7ccccc7)ccc6c5c4c3)n2)cc1. The number of para-hydroxylation sites is 2. The highest BCUT2D eigenvalue weighted by molar-refractivity contribution is 6.23. The lowest BCUT2D eigenvalue weighted by Crippen LogP contribution is -2.09. The summed E-state index contributed by atoms with van der Waals surface area (Å²) in [5, 5.41) is 5.62. The van der Waals surface area contributed by atoms with Crippen molar-refractivity contribution >= 4 is 49.5 Å². The third kappa shape index (κ3) is 6.06. The van der Waals surface area contributed by atoms with Gasteiger partial charge in [0.15, 0.2) is 5.82 Å². The highest BCUT2D eigenvalue weighted by Crippen LogP contribution is 2.41. The van der Waals surface area contributed by atoms with Crippen LogP contribution in [-0.2, 0) is 0 Å². The van der Waals surface area contributed by atoms with Gasteiger partial charge in [-0.05, 0) is 59.3 Å². The van der Waals surface area contributed by atoms with Crippen LogP contribution in [0.2, 0.25) is 0 Å². The molecule has 0 amide bonds. The molecule has 0 fully saturated rings. The van der Waals surface area contributed by atoms with E-state index in [1.807, 2.05) is 12.1 Å². The van der Waals surface area contributed by atoms with Crippen molar-refractivity contribution in [2.45, 2.75) is 0 Å². The Kier molecular flexibility index (Phi) is 8.12. The van der Waals surface area contributed by atoms with Crippen LogP contribution in [0.3, 0.4) is 0 Å². The van der Waals surface area contributed by atoms with Gasteiger partial charge in [0, 0.05) is 55.5 Å². The molecule has 0 aliphatic heterocycles. The fourth-order valence-electron chi connectivity index (χ4n) is 7.60. The number of nitrogens with zero attached hydrogens (tertiary/aromatic N) is 4. The van der Waals surface area contributed by atoms with Crippen molar-refractivity contribution in [1.82, 2.24) is 15.0 Å². The van der Waals surface area contributed by atoms with E-state index in [1.54, 1.807) is 0 Å².